The molecule has 2 aromatic rings. The van der Waals surface area contributed by atoms with Crippen LogP contribution in [0.4, 0.5) is 21.0 Å². The Morgan fingerprint density at radius 3 is 2.90 bits per heavy atom. The number of anilines is 3. The lowest BCUT2D eigenvalue weighted by atomic mass is 10.3. The van der Waals surface area contributed by atoms with E-state index in [1.807, 2.05) is 18.9 Å². The molecule has 1 amide bonds. The normalized spacial score (nSPS) is 10.5. The van der Waals surface area contributed by atoms with E-state index in [-0.39, 0.29) is 17.5 Å². The number of benzene rings is 1. The fourth-order valence-corrected chi connectivity index (χ4v) is 2.91. The third kappa shape index (κ3) is 3.51. The summed E-state index contributed by atoms with van der Waals surface area (Å²) >= 11 is 4.42. The second-order valence-electron chi connectivity index (χ2n) is 4.30. The molecule has 0 aliphatic rings. The van der Waals surface area contributed by atoms with E-state index in [1.165, 1.54) is 29.5 Å². The highest BCUT2D eigenvalue weighted by molar-refractivity contribution is 9.10. The summed E-state index contributed by atoms with van der Waals surface area (Å²) in [5.74, 6) is -0.567. The van der Waals surface area contributed by atoms with Gasteiger partial charge in [-0.2, -0.15) is 0 Å². The van der Waals surface area contributed by atoms with Gasteiger partial charge in [0.05, 0.1) is 5.69 Å². The summed E-state index contributed by atoms with van der Waals surface area (Å²) in [7, 11) is 1.87. The Balaban J connectivity index is 2.22. The number of rotatable bonds is 4. The smallest absolute Gasteiger partial charge is 0.269 e. The summed E-state index contributed by atoms with van der Waals surface area (Å²) in [4.78, 5) is 18.6. The molecule has 1 heterocycles. The summed E-state index contributed by atoms with van der Waals surface area (Å²) in [6.07, 6.45) is 0. The Bertz CT molecular complexity index is 676. The van der Waals surface area contributed by atoms with E-state index in [0.29, 0.717) is 20.2 Å². The number of nitrogens with zero attached hydrogens (tertiary/aromatic N) is 2. The molecule has 112 valence electrons. The molecule has 0 aliphatic heterocycles. The molecule has 8 heteroatoms. The van der Waals surface area contributed by atoms with Gasteiger partial charge in [-0.05, 0) is 41.1 Å². The van der Waals surface area contributed by atoms with Crippen LogP contribution in [0.2, 0.25) is 0 Å². The van der Waals surface area contributed by atoms with Gasteiger partial charge in [0.2, 0.25) is 0 Å². The number of halogens is 2. The molecular weight excluding hydrogens is 359 g/mol. The summed E-state index contributed by atoms with van der Waals surface area (Å²) in [5, 5.41) is 3.36. The zero-order valence-electron chi connectivity index (χ0n) is 11.5. The number of nitrogens with two attached hydrogens (primary N) is 1. The van der Waals surface area contributed by atoms with E-state index in [0.717, 1.165) is 6.54 Å². The first kappa shape index (κ1) is 15.7. The van der Waals surface area contributed by atoms with Crippen molar-refractivity contribution in [2.75, 3.05) is 29.5 Å². The molecule has 1 aromatic heterocycles. The monoisotopic (exact) mass is 372 g/mol. The van der Waals surface area contributed by atoms with Crippen LogP contribution in [0.25, 0.3) is 0 Å². The number of thiazole rings is 1. The van der Waals surface area contributed by atoms with Crippen molar-refractivity contribution < 1.29 is 9.18 Å². The number of nitrogen functional groups attached to an aromatic ring is 1. The van der Waals surface area contributed by atoms with E-state index >= 15 is 0 Å². The van der Waals surface area contributed by atoms with E-state index in [2.05, 4.69) is 26.2 Å². The molecule has 0 spiro atoms. The number of hydrogen-bond donors (Lipinski definition) is 2. The van der Waals surface area contributed by atoms with Crippen molar-refractivity contribution in [3.8, 4) is 0 Å². The van der Waals surface area contributed by atoms with Crippen molar-refractivity contribution in [2.24, 2.45) is 0 Å². The van der Waals surface area contributed by atoms with Gasteiger partial charge < -0.3 is 16.0 Å². The molecule has 5 nitrogen and oxygen atoms in total. The van der Waals surface area contributed by atoms with Gasteiger partial charge in [0, 0.05) is 18.1 Å². The molecule has 0 unspecified atom stereocenters. The molecular formula is C13H14BrFN4OS. The summed E-state index contributed by atoms with van der Waals surface area (Å²) < 4.78 is 13.5. The first-order chi connectivity index (χ1) is 9.92. The van der Waals surface area contributed by atoms with Crippen LogP contribution < -0.4 is 16.0 Å². The molecule has 0 atom stereocenters. The van der Waals surface area contributed by atoms with Crippen molar-refractivity contribution in [3.05, 3.63) is 33.4 Å². The van der Waals surface area contributed by atoms with Crippen LogP contribution in [-0.2, 0) is 0 Å². The minimum absolute atomic E-state index is 0.186. The Morgan fingerprint density at radius 1 is 1.57 bits per heavy atom. The number of aromatic nitrogens is 1. The maximum absolute atomic E-state index is 13.0. The maximum atomic E-state index is 13.0. The second kappa shape index (κ2) is 6.40. The molecule has 0 fully saturated rings. The van der Waals surface area contributed by atoms with E-state index in [1.54, 1.807) is 0 Å². The van der Waals surface area contributed by atoms with Gasteiger partial charge in [0.1, 0.15) is 16.5 Å². The van der Waals surface area contributed by atoms with Gasteiger partial charge in [-0.1, -0.05) is 11.3 Å². The van der Waals surface area contributed by atoms with Gasteiger partial charge >= 0.3 is 0 Å². The number of hydrogen-bond acceptors (Lipinski definition) is 5. The average Bonchev–Trinajstić information content (AvgIpc) is 2.83. The van der Waals surface area contributed by atoms with Crippen LogP contribution in [0.5, 0.6) is 0 Å². The van der Waals surface area contributed by atoms with Crippen LogP contribution in [0.15, 0.2) is 22.7 Å². The highest BCUT2D eigenvalue weighted by Crippen LogP contribution is 2.29. The number of amides is 1. The largest absolute Gasteiger partial charge is 0.382 e. The van der Waals surface area contributed by atoms with Crippen LogP contribution in [0, 0.1) is 5.82 Å². The number of carbonyl (C=O) groups is 1. The highest BCUT2D eigenvalue weighted by Gasteiger charge is 2.18. The minimum Gasteiger partial charge on any atom is -0.382 e. The SMILES string of the molecule is CCN(C)c1nc(N)c(C(=O)Nc2ccc(F)cc2Br)s1. The third-order valence-corrected chi connectivity index (χ3v) is 4.67. The lowest BCUT2D eigenvalue weighted by molar-refractivity contribution is 0.103. The van der Waals surface area contributed by atoms with E-state index in [9.17, 15) is 9.18 Å². The van der Waals surface area contributed by atoms with Crippen LogP contribution >= 0.6 is 27.3 Å². The Hall–Kier alpha value is -1.67. The van der Waals surface area contributed by atoms with Gasteiger partial charge in [0.25, 0.3) is 5.91 Å². The fraction of sp³-hybridized carbons (Fsp3) is 0.231. The van der Waals surface area contributed by atoms with E-state index in [4.69, 9.17) is 5.73 Å². The molecule has 0 aliphatic carbocycles. The first-order valence-corrected chi connectivity index (χ1v) is 7.77. The van der Waals surface area contributed by atoms with Gasteiger partial charge in [-0.3, -0.25) is 4.79 Å². The number of nitrogens with one attached hydrogen (secondary N) is 1. The van der Waals surface area contributed by atoms with Crippen molar-refractivity contribution in [3.63, 3.8) is 0 Å². The highest BCUT2D eigenvalue weighted by atomic mass is 79.9. The van der Waals surface area contributed by atoms with Crippen molar-refractivity contribution in [1.29, 1.82) is 0 Å². The van der Waals surface area contributed by atoms with Gasteiger partial charge in [-0.25, -0.2) is 9.37 Å². The molecule has 21 heavy (non-hydrogen) atoms. The zero-order valence-corrected chi connectivity index (χ0v) is 13.9. The Kier molecular flexibility index (Phi) is 4.79. The fourth-order valence-electron chi connectivity index (χ4n) is 1.55. The van der Waals surface area contributed by atoms with Crippen LogP contribution in [0.1, 0.15) is 16.6 Å². The topological polar surface area (TPSA) is 71.2 Å². The van der Waals surface area contributed by atoms with E-state index < -0.39 is 0 Å². The summed E-state index contributed by atoms with van der Waals surface area (Å²) in [6, 6.07) is 4.03. The molecule has 1 aromatic carbocycles. The van der Waals surface area contributed by atoms with Crippen LogP contribution in [-0.4, -0.2) is 24.5 Å². The van der Waals surface area contributed by atoms with Crippen molar-refractivity contribution >= 4 is 49.8 Å². The van der Waals surface area contributed by atoms with Gasteiger partial charge in [0.15, 0.2) is 5.13 Å². The molecule has 3 N–H and O–H groups in total. The zero-order chi connectivity index (χ0) is 15.6. The maximum Gasteiger partial charge on any atom is 0.269 e. The second-order valence-corrected chi connectivity index (χ2v) is 6.14. The van der Waals surface area contributed by atoms with Crippen LogP contribution in [0.3, 0.4) is 0 Å². The summed E-state index contributed by atoms with van der Waals surface area (Å²) in [5.41, 5.74) is 6.26. The molecule has 0 saturated carbocycles. The van der Waals surface area contributed by atoms with Crippen molar-refractivity contribution in [2.45, 2.75) is 6.92 Å². The predicted octanol–water partition coefficient (Wildman–Crippen LogP) is 3.34. The minimum atomic E-state index is -0.385. The first-order valence-electron chi connectivity index (χ1n) is 6.16. The molecule has 0 bridgehead atoms. The average molecular weight is 373 g/mol. The molecule has 2 rings (SSSR count). The lowest BCUT2D eigenvalue weighted by Gasteiger charge is -2.11. The molecule has 0 saturated heterocycles. The standard InChI is InChI=1S/C13H14BrFN4OS/c1-3-19(2)13-18-11(16)10(21-13)12(20)17-9-5-4-7(15)6-8(9)14/h4-6H,3,16H2,1-2H3,(H,17,20). The lowest BCUT2D eigenvalue weighted by Crippen LogP contribution is -2.15. The summed E-state index contributed by atoms with van der Waals surface area (Å²) in [6.45, 7) is 2.74. The van der Waals surface area contributed by atoms with Gasteiger partial charge in [-0.15, -0.1) is 0 Å². The van der Waals surface area contributed by atoms with Crippen molar-refractivity contribution in [1.82, 2.24) is 4.98 Å². The Morgan fingerprint density at radius 2 is 2.29 bits per heavy atom. The third-order valence-electron chi connectivity index (χ3n) is 2.83. The Labute approximate surface area is 134 Å². The quantitative estimate of drug-likeness (QED) is 0.863. The molecule has 0 radical (unpaired) electrons. The predicted molar refractivity (Wildman–Crippen MR) is 87.5 cm³/mol. The number of carbonyl (C=O) groups excluding carboxylic acids is 1.